The third kappa shape index (κ3) is 9.74. The van der Waals surface area contributed by atoms with E-state index in [4.69, 9.17) is 14.2 Å². The Morgan fingerprint density at radius 1 is 1.07 bits per heavy atom. The highest BCUT2D eigenvalue weighted by atomic mass is 16.5. The Hall–Kier alpha value is -0.890. The molecule has 0 bridgehead atoms. The molecule has 2 atom stereocenters. The fourth-order valence-corrected chi connectivity index (χ4v) is 3.74. The van der Waals surface area contributed by atoms with E-state index < -0.39 is 0 Å². The van der Waals surface area contributed by atoms with E-state index in [0.717, 1.165) is 90.8 Å². The van der Waals surface area contributed by atoms with Gasteiger partial charge in [0.05, 0.1) is 12.2 Å². The van der Waals surface area contributed by atoms with E-state index in [2.05, 4.69) is 34.4 Å². The summed E-state index contributed by atoms with van der Waals surface area (Å²) in [7, 11) is 1.82. The Morgan fingerprint density at radius 2 is 1.74 bits per heavy atom. The molecule has 0 aromatic carbocycles. The molecule has 2 N–H and O–H groups in total. The van der Waals surface area contributed by atoms with Crippen molar-refractivity contribution in [3.8, 4) is 0 Å². The maximum atomic E-state index is 5.80. The summed E-state index contributed by atoms with van der Waals surface area (Å²) >= 11 is 0. The zero-order valence-electron chi connectivity index (χ0n) is 17.5. The van der Waals surface area contributed by atoms with Gasteiger partial charge in [-0.1, -0.05) is 0 Å². The summed E-state index contributed by atoms with van der Waals surface area (Å²) < 4.78 is 17.0. The number of nitrogens with one attached hydrogen (secondary N) is 2. The monoisotopic (exact) mass is 384 g/mol. The van der Waals surface area contributed by atoms with E-state index in [1.807, 2.05) is 7.05 Å². The Kier molecular flexibility index (Phi) is 11.0. The lowest BCUT2D eigenvalue weighted by Crippen LogP contribution is -2.46. The van der Waals surface area contributed by atoms with Gasteiger partial charge in [-0.2, -0.15) is 0 Å². The normalized spacial score (nSPS) is 25.5. The van der Waals surface area contributed by atoms with Crippen LogP contribution in [-0.2, 0) is 14.2 Å². The van der Waals surface area contributed by atoms with Crippen molar-refractivity contribution >= 4 is 5.96 Å². The topological polar surface area (TPSA) is 67.4 Å². The molecule has 7 heteroatoms. The molecule has 0 amide bonds. The van der Waals surface area contributed by atoms with Crippen molar-refractivity contribution < 1.29 is 14.2 Å². The van der Waals surface area contributed by atoms with Gasteiger partial charge in [-0.25, -0.2) is 0 Å². The first kappa shape index (κ1) is 22.4. The maximum absolute atomic E-state index is 5.80. The molecule has 0 aliphatic carbocycles. The highest BCUT2D eigenvalue weighted by molar-refractivity contribution is 5.79. The summed E-state index contributed by atoms with van der Waals surface area (Å²) in [4.78, 5) is 6.79. The van der Waals surface area contributed by atoms with Gasteiger partial charge in [0.2, 0.25) is 0 Å². The van der Waals surface area contributed by atoms with Crippen molar-refractivity contribution in [2.45, 2.75) is 51.7 Å². The number of hydrogen-bond acceptors (Lipinski definition) is 5. The zero-order valence-corrected chi connectivity index (χ0v) is 17.5. The number of morpholine rings is 1. The van der Waals surface area contributed by atoms with Crippen LogP contribution in [0.1, 0.15) is 39.5 Å². The van der Waals surface area contributed by atoms with Crippen molar-refractivity contribution in [1.29, 1.82) is 0 Å². The van der Waals surface area contributed by atoms with Gasteiger partial charge < -0.3 is 24.8 Å². The summed E-state index contributed by atoms with van der Waals surface area (Å²) in [6.07, 6.45) is 5.05. The predicted octanol–water partition coefficient (Wildman–Crippen LogP) is 1.48. The highest BCUT2D eigenvalue weighted by Crippen LogP contribution is 2.14. The molecule has 2 heterocycles. The predicted molar refractivity (Wildman–Crippen MR) is 109 cm³/mol. The van der Waals surface area contributed by atoms with Gasteiger partial charge in [0, 0.05) is 66.2 Å². The lowest BCUT2D eigenvalue weighted by Gasteiger charge is -2.35. The molecule has 0 aromatic rings. The Morgan fingerprint density at radius 3 is 2.41 bits per heavy atom. The number of guanidine groups is 1. The molecule has 2 unspecified atom stereocenters. The van der Waals surface area contributed by atoms with Crippen molar-refractivity contribution in [3.05, 3.63) is 0 Å². The van der Waals surface area contributed by atoms with E-state index in [1.54, 1.807) is 0 Å². The first-order chi connectivity index (χ1) is 13.2. The van der Waals surface area contributed by atoms with Crippen molar-refractivity contribution in [2.75, 3.05) is 66.2 Å². The minimum absolute atomic E-state index is 0.338. The summed E-state index contributed by atoms with van der Waals surface area (Å²) in [5.74, 6) is 1.56. The number of rotatable bonds is 10. The molecule has 2 fully saturated rings. The molecule has 2 aliphatic heterocycles. The van der Waals surface area contributed by atoms with Gasteiger partial charge in [0.1, 0.15) is 0 Å². The van der Waals surface area contributed by atoms with Gasteiger partial charge in [-0.3, -0.25) is 9.89 Å². The molecule has 2 aliphatic rings. The maximum Gasteiger partial charge on any atom is 0.190 e. The van der Waals surface area contributed by atoms with Gasteiger partial charge in [-0.05, 0) is 45.4 Å². The van der Waals surface area contributed by atoms with E-state index in [0.29, 0.717) is 18.1 Å². The third-order valence-corrected chi connectivity index (χ3v) is 5.11. The molecular weight excluding hydrogens is 344 g/mol. The minimum Gasteiger partial charge on any atom is -0.381 e. The van der Waals surface area contributed by atoms with E-state index in [-0.39, 0.29) is 0 Å². The lowest BCUT2D eigenvalue weighted by atomic mass is 10.0. The van der Waals surface area contributed by atoms with Gasteiger partial charge in [0.15, 0.2) is 5.96 Å². The van der Waals surface area contributed by atoms with Crippen molar-refractivity contribution in [1.82, 2.24) is 15.5 Å². The van der Waals surface area contributed by atoms with Crippen LogP contribution < -0.4 is 10.6 Å². The van der Waals surface area contributed by atoms with Crippen LogP contribution in [0, 0.1) is 5.92 Å². The molecular formula is C20H40N4O3. The summed E-state index contributed by atoms with van der Waals surface area (Å²) in [6, 6.07) is 0. The minimum atomic E-state index is 0.338. The van der Waals surface area contributed by atoms with Crippen LogP contribution in [0.2, 0.25) is 0 Å². The lowest BCUT2D eigenvalue weighted by molar-refractivity contribution is -0.0679. The van der Waals surface area contributed by atoms with Gasteiger partial charge in [0.25, 0.3) is 0 Å². The molecule has 27 heavy (non-hydrogen) atoms. The fourth-order valence-electron chi connectivity index (χ4n) is 3.74. The van der Waals surface area contributed by atoms with Crippen LogP contribution in [0.3, 0.4) is 0 Å². The molecule has 0 radical (unpaired) electrons. The second-order valence-corrected chi connectivity index (χ2v) is 7.78. The van der Waals surface area contributed by atoms with E-state index >= 15 is 0 Å². The first-order valence-corrected chi connectivity index (χ1v) is 10.6. The SMILES string of the molecule is CN=C(NCCCOCC1CCOCC1)NCCCN1CC(C)OC(C)C1. The smallest absolute Gasteiger partial charge is 0.190 e. The second kappa shape index (κ2) is 13.3. The van der Waals surface area contributed by atoms with Crippen LogP contribution in [0.4, 0.5) is 0 Å². The standard InChI is InChI=1S/C20H40N4O3/c1-17-14-24(15-18(2)27-17)10-4-8-22-20(21-3)23-9-5-11-26-16-19-6-12-25-13-7-19/h17-19H,4-16H2,1-3H3,(H2,21,22,23). The average Bonchev–Trinajstić information content (AvgIpc) is 2.66. The summed E-state index contributed by atoms with van der Waals surface area (Å²) in [5, 5.41) is 6.77. The van der Waals surface area contributed by atoms with Crippen molar-refractivity contribution in [3.63, 3.8) is 0 Å². The molecule has 0 spiro atoms. The number of aliphatic imine (C=N–C) groups is 1. The average molecular weight is 385 g/mol. The number of ether oxygens (including phenoxy) is 3. The Bertz CT molecular complexity index is 406. The highest BCUT2D eigenvalue weighted by Gasteiger charge is 2.21. The summed E-state index contributed by atoms with van der Waals surface area (Å²) in [5.41, 5.74) is 0. The van der Waals surface area contributed by atoms with Crippen LogP contribution in [-0.4, -0.2) is 89.3 Å². The van der Waals surface area contributed by atoms with Crippen LogP contribution in [0.25, 0.3) is 0 Å². The molecule has 158 valence electrons. The molecule has 2 saturated heterocycles. The third-order valence-electron chi connectivity index (χ3n) is 5.11. The molecule has 0 aromatic heterocycles. The first-order valence-electron chi connectivity index (χ1n) is 10.6. The van der Waals surface area contributed by atoms with E-state index in [1.165, 1.54) is 0 Å². The van der Waals surface area contributed by atoms with Crippen LogP contribution >= 0.6 is 0 Å². The second-order valence-electron chi connectivity index (χ2n) is 7.78. The number of nitrogens with zero attached hydrogens (tertiary/aromatic N) is 2. The quantitative estimate of drug-likeness (QED) is 0.338. The van der Waals surface area contributed by atoms with E-state index in [9.17, 15) is 0 Å². The van der Waals surface area contributed by atoms with Crippen LogP contribution in [0.5, 0.6) is 0 Å². The zero-order chi connectivity index (χ0) is 19.3. The molecule has 2 rings (SSSR count). The fraction of sp³-hybridized carbons (Fsp3) is 0.950. The molecule has 0 saturated carbocycles. The van der Waals surface area contributed by atoms with Crippen LogP contribution in [0.15, 0.2) is 4.99 Å². The molecule has 7 nitrogen and oxygen atoms in total. The number of hydrogen-bond donors (Lipinski definition) is 2. The van der Waals surface area contributed by atoms with Gasteiger partial charge in [-0.15, -0.1) is 0 Å². The summed E-state index contributed by atoms with van der Waals surface area (Å²) in [6.45, 7) is 12.7. The Balaban J connectivity index is 1.44. The largest absolute Gasteiger partial charge is 0.381 e. The van der Waals surface area contributed by atoms with Gasteiger partial charge >= 0.3 is 0 Å². The Labute approximate surface area is 165 Å². The van der Waals surface area contributed by atoms with Crippen molar-refractivity contribution in [2.24, 2.45) is 10.9 Å².